The number of ether oxygens (including phenoxy) is 1. The second kappa shape index (κ2) is 8.07. The van der Waals surface area contributed by atoms with Crippen LogP contribution in [-0.2, 0) is 16.0 Å². The number of carbonyl (C=O) groups is 1. The Morgan fingerprint density at radius 1 is 1.57 bits per heavy atom. The van der Waals surface area contributed by atoms with Gasteiger partial charge in [-0.05, 0) is 31.5 Å². The third kappa shape index (κ3) is 5.04. The van der Waals surface area contributed by atoms with Crippen LogP contribution in [0.15, 0.2) is 27.1 Å². The van der Waals surface area contributed by atoms with Gasteiger partial charge in [-0.25, -0.2) is 4.98 Å². The van der Waals surface area contributed by atoms with E-state index in [1.165, 1.54) is 17.6 Å². The van der Waals surface area contributed by atoms with Crippen LogP contribution >= 0.6 is 27.3 Å². The van der Waals surface area contributed by atoms with Crippen molar-refractivity contribution in [2.24, 2.45) is 5.10 Å². The van der Waals surface area contributed by atoms with Crippen LogP contribution in [0.4, 0.5) is 5.13 Å². The van der Waals surface area contributed by atoms with Crippen LogP contribution in [0.1, 0.15) is 23.7 Å². The highest BCUT2D eigenvalue weighted by Crippen LogP contribution is 2.24. The lowest BCUT2D eigenvalue weighted by Gasteiger charge is -2.03. The topological polar surface area (TPSA) is 83.8 Å². The highest BCUT2D eigenvalue weighted by molar-refractivity contribution is 9.10. The summed E-state index contributed by atoms with van der Waals surface area (Å²) < 4.78 is 5.76. The second-order valence-corrected chi connectivity index (χ2v) is 6.37. The quantitative estimate of drug-likeness (QED) is 0.442. The van der Waals surface area contributed by atoms with Crippen LogP contribution in [0.5, 0.6) is 5.75 Å². The predicted molar refractivity (Wildman–Crippen MR) is 94.2 cm³/mol. The van der Waals surface area contributed by atoms with Crippen molar-refractivity contribution in [3.05, 3.63) is 38.8 Å². The zero-order valence-electron chi connectivity index (χ0n) is 12.7. The number of nitrogens with zero attached hydrogens (tertiary/aromatic N) is 2. The lowest BCUT2D eigenvalue weighted by molar-refractivity contribution is -0.142. The van der Waals surface area contributed by atoms with Crippen molar-refractivity contribution in [2.45, 2.75) is 20.3 Å². The Morgan fingerprint density at radius 2 is 2.35 bits per heavy atom. The summed E-state index contributed by atoms with van der Waals surface area (Å²) in [5, 5.41) is 16.2. The van der Waals surface area contributed by atoms with Gasteiger partial charge >= 0.3 is 5.97 Å². The van der Waals surface area contributed by atoms with Gasteiger partial charge in [-0.1, -0.05) is 15.9 Å². The number of anilines is 1. The average Bonchev–Trinajstić information content (AvgIpc) is 2.92. The van der Waals surface area contributed by atoms with Gasteiger partial charge in [0.15, 0.2) is 0 Å². The van der Waals surface area contributed by atoms with Gasteiger partial charge in [-0.3, -0.25) is 10.2 Å². The Labute approximate surface area is 146 Å². The van der Waals surface area contributed by atoms with Gasteiger partial charge in [-0.2, -0.15) is 5.10 Å². The number of thiazole rings is 1. The predicted octanol–water partition coefficient (Wildman–Crippen LogP) is 3.47. The fraction of sp³-hybridized carbons (Fsp3) is 0.267. The summed E-state index contributed by atoms with van der Waals surface area (Å²) in [4.78, 5) is 15.6. The monoisotopic (exact) mass is 397 g/mol. The normalized spacial score (nSPS) is 10.9. The van der Waals surface area contributed by atoms with E-state index in [0.717, 1.165) is 10.0 Å². The minimum atomic E-state index is -0.303. The van der Waals surface area contributed by atoms with Crippen molar-refractivity contribution >= 4 is 44.6 Å². The third-order valence-electron chi connectivity index (χ3n) is 2.85. The van der Waals surface area contributed by atoms with Gasteiger partial charge in [0.1, 0.15) is 5.75 Å². The molecule has 122 valence electrons. The SMILES string of the molecule is CCOC(=O)Cc1csc(NN=Cc2cc(Br)c(C)cc2O)n1. The number of phenols is 1. The fourth-order valence-electron chi connectivity index (χ4n) is 1.74. The summed E-state index contributed by atoms with van der Waals surface area (Å²) in [7, 11) is 0. The van der Waals surface area contributed by atoms with Crippen molar-refractivity contribution in [1.29, 1.82) is 0 Å². The first-order valence-corrected chi connectivity index (χ1v) is 8.55. The molecular formula is C15H16BrN3O3S. The molecule has 0 bridgehead atoms. The molecule has 0 spiro atoms. The smallest absolute Gasteiger partial charge is 0.311 e. The third-order valence-corrected chi connectivity index (χ3v) is 4.50. The van der Waals surface area contributed by atoms with E-state index >= 15 is 0 Å². The highest BCUT2D eigenvalue weighted by atomic mass is 79.9. The van der Waals surface area contributed by atoms with Gasteiger partial charge in [0, 0.05) is 15.4 Å². The Hall–Kier alpha value is -1.93. The van der Waals surface area contributed by atoms with Gasteiger partial charge in [0.2, 0.25) is 5.13 Å². The number of rotatable bonds is 6. The summed E-state index contributed by atoms with van der Waals surface area (Å²) in [6, 6.07) is 3.44. The Bertz CT molecular complexity index is 731. The lowest BCUT2D eigenvalue weighted by atomic mass is 10.1. The van der Waals surface area contributed by atoms with Crippen molar-refractivity contribution in [2.75, 3.05) is 12.0 Å². The summed E-state index contributed by atoms with van der Waals surface area (Å²) >= 11 is 4.75. The van der Waals surface area contributed by atoms with Crippen molar-refractivity contribution in [3.8, 4) is 5.75 Å². The van der Waals surface area contributed by atoms with Crippen molar-refractivity contribution < 1.29 is 14.6 Å². The minimum absolute atomic E-state index is 0.140. The van der Waals surface area contributed by atoms with Gasteiger partial charge in [-0.15, -0.1) is 11.3 Å². The number of nitrogens with one attached hydrogen (secondary N) is 1. The molecule has 2 aromatic rings. The highest BCUT2D eigenvalue weighted by Gasteiger charge is 2.08. The zero-order valence-corrected chi connectivity index (χ0v) is 15.1. The van der Waals surface area contributed by atoms with Crippen LogP contribution < -0.4 is 5.43 Å². The Kier molecular flexibility index (Phi) is 6.12. The summed E-state index contributed by atoms with van der Waals surface area (Å²) in [5.41, 5.74) is 4.93. The van der Waals surface area contributed by atoms with E-state index in [-0.39, 0.29) is 18.1 Å². The van der Waals surface area contributed by atoms with E-state index in [2.05, 4.69) is 31.4 Å². The largest absolute Gasteiger partial charge is 0.507 e. The number of hydrazone groups is 1. The number of aryl methyl sites for hydroxylation is 1. The number of phenolic OH excluding ortho intramolecular Hbond substituents is 1. The standard InChI is InChI=1S/C15H16BrN3O3S/c1-3-22-14(21)6-11-8-23-15(18-11)19-17-7-10-5-12(16)9(2)4-13(10)20/h4-5,7-8,20H,3,6H2,1-2H3,(H,18,19). The molecule has 0 atom stereocenters. The molecule has 0 unspecified atom stereocenters. The van der Waals surface area contributed by atoms with Crippen molar-refractivity contribution in [1.82, 2.24) is 4.98 Å². The molecule has 0 saturated heterocycles. The molecule has 0 amide bonds. The van der Waals surface area contributed by atoms with E-state index in [4.69, 9.17) is 4.74 Å². The Balaban J connectivity index is 1.97. The maximum Gasteiger partial charge on any atom is 0.311 e. The number of benzene rings is 1. The molecule has 0 fully saturated rings. The number of hydrogen-bond donors (Lipinski definition) is 2. The van der Waals surface area contributed by atoms with E-state index in [1.807, 2.05) is 6.92 Å². The lowest BCUT2D eigenvalue weighted by Crippen LogP contribution is -2.07. The summed E-state index contributed by atoms with van der Waals surface area (Å²) in [5.74, 6) is -0.152. The molecule has 0 aliphatic heterocycles. The molecule has 6 nitrogen and oxygen atoms in total. The number of hydrogen-bond acceptors (Lipinski definition) is 7. The molecule has 23 heavy (non-hydrogen) atoms. The van der Waals surface area contributed by atoms with Crippen molar-refractivity contribution in [3.63, 3.8) is 0 Å². The molecule has 0 aliphatic carbocycles. The summed E-state index contributed by atoms with van der Waals surface area (Å²) in [6.45, 7) is 4.01. The molecule has 8 heteroatoms. The second-order valence-electron chi connectivity index (χ2n) is 4.66. The maximum absolute atomic E-state index is 11.4. The number of aromatic hydroxyl groups is 1. The zero-order chi connectivity index (χ0) is 16.8. The first kappa shape index (κ1) is 17.4. The molecule has 1 heterocycles. The van der Waals surface area contributed by atoms with Crippen LogP contribution in [0.2, 0.25) is 0 Å². The van der Waals surface area contributed by atoms with E-state index in [0.29, 0.717) is 23.0 Å². The van der Waals surface area contributed by atoms with Crippen LogP contribution in [0.3, 0.4) is 0 Å². The summed E-state index contributed by atoms with van der Waals surface area (Å²) in [6.07, 6.45) is 1.65. The van der Waals surface area contributed by atoms with E-state index in [1.54, 1.807) is 24.4 Å². The average molecular weight is 398 g/mol. The van der Waals surface area contributed by atoms with E-state index in [9.17, 15) is 9.90 Å². The molecule has 1 aromatic carbocycles. The first-order chi connectivity index (χ1) is 11.0. The molecular weight excluding hydrogens is 382 g/mol. The number of halogens is 1. The van der Waals surface area contributed by atoms with Gasteiger partial charge in [0.05, 0.1) is 24.9 Å². The van der Waals surface area contributed by atoms with Gasteiger partial charge in [0.25, 0.3) is 0 Å². The van der Waals surface area contributed by atoms with Crippen LogP contribution in [-0.4, -0.2) is 28.9 Å². The number of carbonyl (C=O) groups excluding carboxylic acids is 1. The molecule has 2 N–H and O–H groups in total. The first-order valence-electron chi connectivity index (χ1n) is 6.87. The molecule has 2 rings (SSSR count). The molecule has 1 aromatic heterocycles. The van der Waals surface area contributed by atoms with E-state index < -0.39 is 0 Å². The fourth-order valence-corrected chi connectivity index (χ4v) is 2.76. The van der Waals surface area contributed by atoms with Gasteiger partial charge < -0.3 is 9.84 Å². The number of esters is 1. The molecule has 0 saturated carbocycles. The minimum Gasteiger partial charge on any atom is -0.507 e. The maximum atomic E-state index is 11.4. The molecule has 0 radical (unpaired) electrons. The van der Waals surface area contributed by atoms with Crippen LogP contribution in [0.25, 0.3) is 0 Å². The Morgan fingerprint density at radius 3 is 3.09 bits per heavy atom. The molecule has 0 aliphatic rings. The number of aromatic nitrogens is 1. The van der Waals surface area contributed by atoms with Crippen LogP contribution in [0, 0.1) is 6.92 Å².